The molecule has 1 aliphatic carbocycles. The Labute approximate surface area is 85.6 Å². The van der Waals surface area contributed by atoms with Crippen LogP contribution < -0.4 is 0 Å². The van der Waals surface area contributed by atoms with Gasteiger partial charge in [-0.25, -0.2) is 0 Å². The molecule has 80 valence electrons. The average Bonchev–Trinajstić information content (AvgIpc) is 2.91. The van der Waals surface area contributed by atoms with Gasteiger partial charge in [0.2, 0.25) is 0 Å². The number of rotatable bonds is 3. The third-order valence-corrected chi connectivity index (χ3v) is 4.29. The molecule has 0 radical (unpaired) electrons. The van der Waals surface area contributed by atoms with E-state index in [2.05, 4.69) is 0 Å². The fourth-order valence-corrected chi connectivity index (χ4v) is 3.03. The van der Waals surface area contributed by atoms with Gasteiger partial charge in [-0.3, -0.25) is 0 Å². The Morgan fingerprint density at radius 1 is 1.14 bits per heavy atom. The first-order valence-corrected chi connectivity index (χ1v) is 6.14. The van der Waals surface area contributed by atoms with Crippen LogP contribution in [0.15, 0.2) is 0 Å². The number of fused-ring (bicyclic) bond motifs is 2. The van der Waals surface area contributed by atoms with E-state index in [0.717, 1.165) is 31.6 Å². The van der Waals surface area contributed by atoms with E-state index in [1.165, 1.54) is 25.7 Å². The van der Waals surface area contributed by atoms with Crippen LogP contribution in [0.4, 0.5) is 0 Å². The van der Waals surface area contributed by atoms with Gasteiger partial charge in [-0.1, -0.05) is 12.8 Å². The topological polar surface area (TPSA) is 29.5 Å². The highest BCUT2D eigenvalue weighted by Crippen LogP contribution is 2.44. The number of hydrogen-bond donors (Lipinski definition) is 1. The lowest BCUT2D eigenvalue weighted by molar-refractivity contribution is -0.147. The lowest BCUT2D eigenvalue weighted by Gasteiger charge is -2.38. The summed E-state index contributed by atoms with van der Waals surface area (Å²) in [7, 11) is 0. The van der Waals surface area contributed by atoms with E-state index < -0.39 is 5.60 Å². The Kier molecular flexibility index (Phi) is 2.10. The van der Waals surface area contributed by atoms with Crippen LogP contribution in [0, 0.1) is 5.92 Å². The molecule has 1 saturated carbocycles. The molecule has 0 spiro atoms. The van der Waals surface area contributed by atoms with Crippen molar-refractivity contribution in [3.63, 3.8) is 0 Å². The van der Waals surface area contributed by atoms with Crippen molar-refractivity contribution in [2.75, 3.05) is 0 Å². The predicted molar refractivity (Wildman–Crippen MR) is 54.0 cm³/mol. The van der Waals surface area contributed by atoms with E-state index in [4.69, 9.17) is 4.74 Å². The van der Waals surface area contributed by atoms with E-state index in [9.17, 15) is 5.11 Å². The van der Waals surface area contributed by atoms with Crippen molar-refractivity contribution in [3.05, 3.63) is 0 Å². The maximum Gasteiger partial charge on any atom is 0.0909 e. The van der Waals surface area contributed by atoms with Crippen LogP contribution in [0.25, 0.3) is 0 Å². The largest absolute Gasteiger partial charge is 0.387 e. The molecule has 2 bridgehead atoms. The summed E-state index contributed by atoms with van der Waals surface area (Å²) in [6.07, 6.45) is 9.96. The van der Waals surface area contributed by atoms with Crippen molar-refractivity contribution in [2.24, 2.45) is 5.92 Å². The summed E-state index contributed by atoms with van der Waals surface area (Å²) in [5.74, 6) is 0.929. The summed E-state index contributed by atoms with van der Waals surface area (Å²) in [4.78, 5) is 0. The summed E-state index contributed by atoms with van der Waals surface area (Å²) in [5, 5.41) is 10.5. The molecule has 14 heavy (non-hydrogen) atoms. The van der Waals surface area contributed by atoms with Crippen LogP contribution in [0.1, 0.15) is 51.4 Å². The summed E-state index contributed by atoms with van der Waals surface area (Å²) in [6, 6.07) is 0. The molecule has 0 amide bonds. The lowest BCUT2D eigenvalue weighted by atomic mass is 9.85. The van der Waals surface area contributed by atoms with E-state index in [1.54, 1.807) is 0 Å². The Balaban J connectivity index is 1.61. The van der Waals surface area contributed by atoms with Crippen molar-refractivity contribution in [2.45, 2.75) is 69.2 Å². The maximum absolute atomic E-state index is 10.5. The van der Waals surface area contributed by atoms with Gasteiger partial charge in [0.1, 0.15) is 0 Å². The van der Waals surface area contributed by atoms with Crippen molar-refractivity contribution in [1.29, 1.82) is 0 Å². The van der Waals surface area contributed by atoms with Crippen LogP contribution in [0.2, 0.25) is 0 Å². The zero-order valence-corrected chi connectivity index (χ0v) is 8.74. The minimum absolute atomic E-state index is 0.167. The molecule has 2 aliphatic heterocycles. The quantitative estimate of drug-likeness (QED) is 0.750. The number of hydrogen-bond acceptors (Lipinski definition) is 2. The first-order chi connectivity index (χ1) is 6.76. The van der Waals surface area contributed by atoms with Gasteiger partial charge >= 0.3 is 0 Å². The average molecular weight is 196 g/mol. The third kappa shape index (κ3) is 1.59. The highest BCUT2D eigenvalue weighted by Gasteiger charge is 2.46. The van der Waals surface area contributed by atoms with Gasteiger partial charge in [0, 0.05) is 0 Å². The van der Waals surface area contributed by atoms with Gasteiger partial charge in [0.25, 0.3) is 0 Å². The first-order valence-electron chi connectivity index (χ1n) is 6.14. The van der Waals surface area contributed by atoms with Crippen LogP contribution in [-0.2, 0) is 4.74 Å². The normalized spacial score (nSPS) is 46.9. The van der Waals surface area contributed by atoms with Gasteiger partial charge in [0.05, 0.1) is 17.8 Å². The van der Waals surface area contributed by atoms with E-state index in [0.29, 0.717) is 6.10 Å². The van der Waals surface area contributed by atoms with E-state index >= 15 is 0 Å². The summed E-state index contributed by atoms with van der Waals surface area (Å²) >= 11 is 0. The molecule has 3 fully saturated rings. The highest BCUT2D eigenvalue weighted by atomic mass is 16.5. The predicted octanol–water partition coefficient (Wildman–Crippen LogP) is 2.25. The van der Waals surface area contributed by atoms with Crippen molar-refractivity contribution < 1.29 is 9.84 Å². The van der Waals surface area contributed by atoms with Crippen LogP contribution in [0.3, 0.4) is 0 Å². The smallest absolute Gasteiger partial charge is 0.0909 e. The SMILES string of the molecule is OC1(CCC2CC2)CCC2CCC1O2. The molecule has 2 nitrogen and oxygen atoms in total. The minimum Gasteiger partial charge on any atom is -0.387 e. The zero-order valence-electron chi connectivity index (χ0n) is 8.74. The first kappa shape index (κ1) is 9.17. The second kappa shape index (κ2) is 3.21. The molecule has 0 aromatic rings. The fourth-order valence-electron chi connectivity index (χ4n) is 3.03. The molecule has 0 aromatic heterocycles. The van der Waals surface area contributed by atoms with Gasteiger partial charge in [-0.05, 0) is 44.4 Å². The van der Waals surface area contributed by atoms with Gasteiger partial charge in [-0.15, -0.1) is 0 Å². The van der Waals surface area contributed by atoms with Gasteiger partial charge in [0.15, 0.2) is 0 Å². The standard InChI is InChI=1S/C12H20O2/c13-12(7-5-9-1-2-9)8-6-10-3-4-11(12)14-10/h9-11,13H,1-8H2. The summed E-state index contributed by atoms with van der Waals surface area (Å²) in [6.45, 7) is 0. The van der Waals surface area contributed by atoms with Gasteiger partial charge in [-0.2, -0.15) is 0 Å². The molecule has 3 atom stereocenters. The Morgan fingerprint density at radius 2 is 2.00 bits per heavy atom. The fraction of sp³-hybridized carbons (Fsp3) is 1.00. The minimum atomic E-state index is -0.463. The van der Waals surface area contributed by atoms with Crippen molar-refractivity contribution >= 4 is 0 Å². The lowest BCUT2D eigenvalue weighted by Crippen LogP contribution is -2.45. The third-order valence-electron chi connectivity index (χ3n) is 4.29. The molecule has 0 aromatic carbocycles. The summed E-state index contributed by atoms with van der Waals surface area (Å²) in [5.41, 5.74) is -0.463. The molecule has 3 aliphatic rings. The molecule has 3 unspecified atom stereocenters. The molecular formula is C12H20O2. The van der Waals surface area contributed by atoms with Crippen molar-refractivity contribution in [3.8, 4) is 0 Å². The second-order valence-corrected chi connectivity index (χ2v) is 5.45. The molecule has 3 rings (SSSR count). The van der Waals surface area contributed by atoms with Crippen LogP contribution >= 0.6 is 0 Å². The molecule has 2 heteroatoms. The van der Waals surface area contributed by atoms with E-state index in [1.807, 2.05) is 0 Å². The highest BCUT2D eigenvalue weighted by molar-refractivity contribution is 4.97. The Hall–Kier alpha value is -0.0800. The molecule has 2 heterocycles. The maximum atomic E-state index is 10.5. The van der Waals surface area contributed by atoms with E-state index in [-0.39, 0.29) is 6.10 Å². The Morgan fingerprint density at radius 3 is 2.79 bits per heavy atom. The zero-order chi connectivity index (χ0) is 9.60. The molecular weight excluding hydrogens is 176 g/mol. The Bertz CT molecular complexity index is 224. The number of aliphatic hydroxyl groups is 1. The van der Waals surface area contributed by atoms with Gasteiger partial charge < -0.3 is 9.84 Å². The summed E-state index contributed by atoms with van der Waals surface area (Å²) < 4.78 is 5.82. The molecule has 2 saturated heterocycles. The van der Waals surface area contributed by atoms with Crippen molar-refractivity contribution in [1.82, 2.24) is 0 Å². The van der Waals surface area contributed by atoms with Crippen LogP contribution in [0.5, 0.6) is 0 Å². The molecule has 1 N–H and O–H groups in total. The monoisotopic (exact) mass is 196 g/mol. The van der Waals surface area contributed by atoms with Crippen LogP contribution in [-0.4, -0.2) is 22.9 Å². The number of ether oxygens (including phenoxy) is 1. The second-order valence-electron chi connectivity index (χ2n) is 5.45.